The summed E-state index contributed by atoms with van der Waals surface area (Å²) in [6, 6.07) is 1.19. The first-order valence-electron chi connectivity index (χ1n) is 4.79. The zero-order chi connectivity index (χ0) is 10.9. The first kappa shape index (κ1) is 13.3. The Morgan fingerprint density at radius 2 is 2.00 bits per heavy atom. The summed E-state index contributed by atoms with van der Waals surface area (Å²) in [6.45, 7) is 8.24. The van der Waals surface area contributed by atoms with Gasteiger partial charge in [0.25, 0.3) is 0 Å². The number of rotatable bonds is 7. The van der Waals surface area contributed by atoms with Gasteiger partial charge in [0.15, 0.2) is 0 Å². The van der Waals surface area contributed by atoms with Crippen LogP contribution in [0.3, 0.4) is 0 Å². The quantitative estimate of drug-likeness (QED) is 0.303. The molecule has 0 aliphatic carbocycles. The Bertz CT molecular complexity index is 187. The molecule has 1 N–H and O–H groups in total. The predicted molar refractivity (Wildman–Crippen MR) is 65.0 cm³/mol. The topological polar surface area (TPSA) is 46.0 Å². The minimum Gasteiger partial charge on any atom is -0.360 e. The number of hydrogen-bond acceptors (Lipinski definition) is 3. The van der Waals surface area contributed by atoms with Crippen LogP contribution in [-0.2, 0) is 4.74 Å². The monoisotopic (exact) mass is 215 g/mol. The molecule has 0 aliphatic rings. The zero-order valence-corrected chi connectivity index (χ0v) is 10.6. The van der Waals surface area contributed by atoms with Crippen LogP contribution in [0.5, 0.6) is 0 Å². The van der Waals surface area contributed by atoms with Crippen molar-refractivity contribution in [3.8, 4) is 0 Å². The Labute approximate surface area is 87.5 Å². The maximum absolute atomic E-state index is 5.34. The molecule has 0 heterocycles. The third kappa shape index (κ3) is 11.3. The molecule has 0 aromatic rings. The van der Waals surface area contributed by atoms with Gasteiger partial charge in [-0.25, -0.2) is 4.99 Å². The first-order chi connectivity index (χ1) is 6.56. The average Bonchev–Trinajstić information content (AvgIpc) is 2.08. The number of nitrogens with one attached hydrogen (secondary N) is 1. The molecular formula is C9H21N3OSi. The van der Waals surface area contributed by atoms with Gasteiger partial charge in [0.2, 0.25) is 0 Å². The van der Waals surface area contributed by atoms with Gasteiger partial charge in [-0.05, 0) is 6.04 Å². The van der Waals surface area contributed by atoms with E-state index < -0.39 is 8.07 Å². The molecule has 0 saturated heterocycles. The molecule has 0 bridgehead atoms. The fraction of sp³-hybridized carbons (Fsp3) is 0.778. The van der Waals surface area contributed by atoms with Crippen molar-refractivity contribution in [1.82, 2.24) is 5.32 Å². The summed E-state index contributed by atoms with van der Waals surface area (Å²) in [5.74, 6) is 0. The van der Waals surface area contributed by atoms with Crippen molar-refractivity contribution in [3.05, 3.63) is 0 Å². The molecule has 0 spiro atoms. The van der Waals surface area contributed by atoms with Crippen LogP contribution in [0.25, 0.3) is 0 Å². The summed E-state index contributed by atoms with van der Waals surface area (Å²) in [5, 5.41) is 2.79. The first-order valence-corrected chi connectivity index (χ1v) is 8.50. The van der Waals surface area contributed by atoms with Gasteiger partial charge in [-0.15, -0.1) is 0 Å². The highest BCUT2D eigenvalue weighted by Gasteiger charge is 2.11. The summed E-state index contributed by atoms with van der Waals surface area (Å²) in [4.78, 5) is 7.73. The molecule has 5 heteroatoms. The average molecular weight is 215 g/mol. The van der Waals surface area contributed by atoms with E-state index in [0.717, 1.165) is 6.61 Å². The van der Waals surface area contributed by atoms with Crippen molar-refractivity contribution < 1.29 is 4.74 Å². The van der Waals surface area contributed by atoms with Gasteiger partial charge < -0.3 is 10.1 Å². The van der Waals surface area contributed by atoms with Crippen LogP contribution in [0.15, 0.2) is 9.98 Å². The summed E-state index contributed by atoms with van der Waals surface area (Å²) in [7, 11) is 0.748. The normalized spacial score (nSPS) is 12.9. The minimum atomic E-state index is -0.952. The van der Waals surface area contributed by atoms with Gasteiger partial charge in [0.05, 0.1) is 12.7 Å². The maximum Gasteiger partial charge on any atom is 0.139 e. The maximum atomic E-state index is 5.34. The van der Waals surface area contributed by atoms with E-state index in [1.54, 1.807) is 19.7 Å². The van der Waals surface area contributed by atoms with Crippen molar-refractivity contribution in [1.29, 1.82) is 0 Å². The zero-order valence-electron chi connectivity index (χ0n) is 9.58. The summed E-state index contributed by atoms with van der Waals surface area (Å²) < 4.78 is 5.34. The lowest BCUT2D eigenvalue weighted by atomic mass is 10.8. The van der Waals surface area contributed by atoms with Crippen molar-refractivity contribution in [2.24, 2.45) is 9.98 Å². The van der Waals surface area contributed by atoms with Crippen LogP contribution in [0, 0.1) is 0 Å². The van der Waals surface area contributed by atoms with Crippen LogP contribution in [0.2, 0.25) is 25.7 Å². The highest BCUT2D eigenvalue weighted by molar-refractivity contribution is 6.76. The molecule has 0 fully saturated rings. The van der Waals surface area contributed by atoms with E-state index in [1.807, 2.05) is 0 Å². The van der Waals surface area contributed by atoms with E-state index in [4.69, 9.17) is 4.74 Å². The fourth-order valence-corrected chi connectivity index (χ4v) is 1.45. The molecule has 0 atom stereocenters. The van der Waals surface area contributed by atoms with E-state index in [9.17, 15) is 0 Å². The minimum absolute atomic E-state index is 0.426. The Balaban J connectivity index is 3.25. The van der Waals surface area contributed by atoms with Gasteiger partial charge in [0.1, 0.15) is 6.73 Å². The number of ether oxygens (including phenoxy) is 1. The molecule has 82 valence electrons. The Hall–Kier alpha value is -0.683. The SMILES string of the molecule is CN=CNC=NCOCC[Si](C)(C)C. The number of hydrogen-bond donors (Lipinski definition) is 1. The molecule has 4 nitrogen and oxygen atoms in total. The van der Waals surface area contributed by atoms with Gasteiger partial charge in [-0.1, -0.05) is 19.6 Å². The number of aliphatic imine (C=N–C) groups is 2. The fourth-order valence-electron chi connectivity index (χ4n) is 0.693. The van der Waals surface area contributed by atoms with Crippen LogP contribution >= 0.6 is 0 Å². The molecule has 0 rings (SSSR count). The molecule has 0 aromatic heterocycles. The number of nitrogens with zero attached hydrogens (tertiary/aromatic N) is 2. The Morgan fingerprint density at radius 1 is 1.29 bits per heavy atom. The Kier molecular flexibility index (Phi) is 7.32. The third-order valence-electron chi connectivity index (χ3n) is 1.53. The standard InChI is InChI=1S/C9H21N3OSi/c1-10-7-11-8-12-9-13-5-6-14(2,3)4/h7-8H,5-6,9H2,1-4H3,(H,10,11,12). The van der Waals surface area contributed by atoms with E-state index in [2.05, 4.69) is 34.9 Å². The summed E-state index contributed by atoms with van der Waals surface area (Å²) >= 11 is 0. The smallest absolute Gasteiger partial charge is 0.139 e. The van der Waals surface area contributed by atoms with Crippen LogP contribution in [0.1, 0.15) is 0 Å². The van der Waals surface area contributed by atoms with Crippen LogP contribution in [0.4, 0.5) is 0 Å². The van der Waals surface area contributed by atoms with E-state index >= 15 is 0 Å². The lowest BCUT2D eigenvalue weighted by molar-refractivity contribution is 0.155. The molecule has 0 aliphatic heterocycles. The van der Waals surface area contributed by atoms with Crippen molar-refractivity contribution in [3.63, 3.8) is 0 Å². The van der Waals surface area contributed by atoms with Crippen LogP contribution in [-0.4, -0.2) is 41.1 Å². The predicted octanol–water partition coefficient (Wildman–Crippen LogP) is 1.57. The van der Waals surface area contributed by atoms with E-state index in [1.165, 1.54) is 6.04 Å². The second-order valence-corrected chi connectivity index (χ2v) is 9.83. The highest BCUT2D eigenvalue weighted by Crippen LogP contribution is 2.07. The lowest BCUT2D eigenvalue weighted by Crippen LogP contribution is -2.21. The third-order valence-corrected chi connectivity index (χ3v) is 3.24. The largest absolute Gasteiger partial charge is 0.360 e. The van der Waals surface area contributed by atoms with Gasteiger partial charge in [-0.2, -0.15) is 0 Å². The second kappa shape index (κ2) is 7.70. The summed E-state index contributed by atoms with van der Waals surface area (Å²) in [5.41, 5.74) is 0. The molecular weight excluding hydrogens is 194 g/mol. The molecule has 0 aromatic carbocycles. The van der Waals surface area contributed by atoms with Gasteiger partial charge in [0, 0.05) is 21.7 Å². The summed E-state index contributed by atoms with van der Waals surface area (Å²) in [6.07, 6.45) is 3.16. The van der Waals surface area contributed by atoms with Gasteiger partial charge >= 0.3 is 0 Å². The molecule has 14 heavy (non-hydrogen) atoms. The van der Waals surface area contributed by atoms with E-state index in [0.29, 0.717) is 6.73 Å². The molecule has 0 saturated carbocycles. The highest BCUT2D eigenvalue weighted by atomic mass is 28.3. The van der Waals surface area contributed by atoms with Crippen molar-refractivity contribution in [2.45, 2.75) is 25.7 Å². The van der Waals surface area contributed by atoms with E-state index in [-0.39, 0.29) is 0 Å². The van der Waals surface area contributed by atoms with Gasteiger partial charge in [-0.3, -0.25) is 4.99 Å². The molecule has 0 unspecified atom stereocenters. The van der Waals surface area contributed by atoms with Crippen molar-refractivity contribution in [2.75, 3.05) is 20.4 Å². The van der Waals surface area contributed by atoms with Crippen molar-refractivity contribution >= 4 is 20.8 Å². The second-order valence-electron chi connectivity index (χ2n) is 4.21. The van der Waals surface area contributed by atoms with Crippen LogP contribution < -0.4 is 5.32 Å². The molecule has 0 amide bonds. The Morgan fingerprint density at radius 3 is 2.57 bits per heavy atom. The lowest BCUT2D eigenvalue weighted by Gasteiger charge is -2.14. The molecule has 0 radical (unpaired) electrons.